The molecule has 13 heavy (non-hydrogen) atoms. The van der Waals surface area contributed by atoms with Crippen LogP contribution < -0.4 is 11.1 Å². The number of carbonyl (C=O) groups excluding carboxylic acids is 1. The molecular formula is C8H13IN2O2. The first-order valence-electron chi connectivity index (χ1n) is 4.16. The van der Waals surface area contributed by atoms with E-state index in [0.29, 0.717) is 6.10 Å². The van der Waals surface area contributed by atoms with Crippen LogP contribution in [0, 0.1) is 0 Å². The molecule has 3 N–H and O–H groups in total. The molecule has 1 saturated heterocycles. The van der Waals surface area contributed by atoms with E-state index in [9.17, 15) is 4.79 Å². The normalized spacial score (nSPS) is 28.1. The predicted molar refractivity (Wildman–Crippen MR) is 58.3 cm³/mol. The molecule has 1 heterocycles. The van der Waals surface area contributed by atoms with E-state index >= 15 is 0 Å². The summed E-state index contributed by atoms with van der Waals surface area (Å²) < 4.78 is 6.58. The maximum absolute atomic E-state index is 10.3. The number of amides is 1. The quantitative estimate of drug-likeness (QED) is 0.451. The Bertz CT molecular complexity index is 208. The highest BCUT2D eigenvalue weighted by atomic mass is 127. The number of rotatable bonds is 4. The lowest BCUT2D eigenvalue weighted by molar-refractivity contribution is -0.113. The first kappa shape index (κ1) is 10.8. The molecule has 1 aliphatic rings. The monoisotopic (exact) mass is 296 g/mol. The van der Waals surface area contributed by atoms with E-state index in [0.717, 1.165) is 17.3 Å². The number of carbonyl (C=O) groups is 1. The largest absolute Gasteiger partial charge is 0.366 e. The highest BCUT2D eigenvalue weighted by molar-refractivity contribution is 14.1. The molecule has 0 aromatic rings. The van der Waals surface area contributed by atoms with Crippen LogP contribution in [0.25, 0.3) is 0 Å². The van der Waals surface area contributed by atoms with Gasteiger partial charge in [0.1, 0.15) is 6.23 Å². The fraction of sp³-hybridized carbons (Fsp3) is 0.625. The molecule has 1 fully saturated rings. The Kier molecular flexibility index (Phi) is 4.51. The maximum atomic E-state index is 10.3. The number of nitrogens with one attached hydrogen (secondary N) is 1. The third kappa shape index (κ3) is 3.95. The van der Waals surface area contributed by atoms with Crippen molar-refractivity contribution in [1.29, 1.82) is 0 Å². The van der Waals surface area contributed by atoms with Gasteiger partial charge in [0.25, 0.3) is 0 Å². The van der Waals surface area contributed by atoms with Crippen molar-refractivity contribution in [3.05, 3.63) is 12.3 Å². The van der Waals surface area contributed by atoms with E-state index in [2.05, 4.69) is 27.9 Å². The summed E-state index contributed by atoms with van der Waals surface area (Å²) in [7, 11) is 0. The Hall–Kier alpha value is -0.300. The minimum atomic E-state index is -0.448. The molecular weight excluding hydrogens is 283 g/mol. The van der Waals surface area contributed by atoms with Gasteiger partial charge in [-0.1, -0.05) is 22.6 Å². The third-order valence-corrected chi connectivity index (χ3v) is 2.79. The summed E-state index contributed by atoms with van der Waals surface area (Å²) in [6, 6.07) is 0. The van der Waals surface area contributed by atoms with Crippen LogP contribution in [0.3, 0.4) is 0 Å². The Morgan fingerprint density at radius 2 is 2.46 bits per heavy atom. The second kappa shape index (κ2) is 5.43. The molecule has 74 valence electrons. The third-order valence-electron chi connectivity index (χ3n) is 1.81. The lowest BCUT2D eigenvalue weighted by Gasteiger charge is -2.11. The van der Waals surface area contributed by atoms with Crippen molar-refractivity contribution in [2.24, 2.45) is 5.73 Å². The molecule has 0 radical (unpaired) electrons. The molecule has 4 nitrogen and oxygen atoms in total. The van der Waals surface area contributed by atoms with Crippen molar-refractivity contribution in [1.82, 2.24) is 5.32 Å². The number of ether oxygens (including phenoxy) is 1. The zero-order valence-corrected chi connectivity index (χ0v) is 9.36. The van der Waals surface area contributed by atoms with E-state index in [-0.39, 0.29) is 6.23 Å². The van der Waals surface area contributed by atoms with Gasteiger partial charge in [-0.3, -0.25) is 4.79 Å². The number of nitrogens with two attached hydrogens (primary N) is 1. The van der Waals surface area contributed by atoms with Crippen LogP contribution >= 0.6 is 22.6 Å². The van der Waals surface area contributed by atoms with Crippen molar-refractivity contribution < 1.29 is 9.53 Å². The topological polar surface area (TPSA) is 64.4 Å². The van der Waals surface area contributed by atoms with E-state index in [1.165, 1.54) is 6.08 Å². The van der Waals surface area contributed by atoms with Gasteiger partial charge in [0.2, 0.25) is 5.91 Å². The molecule has 0 aliphatic carbocycles. The van der Waals surface area contributed by atoms with Crippen molar-refractivity contribution >= 4 is 28.5 Å². The van der Waals surface area contributed by atoms with Gasteiger partial charge < -0.3 is 15.8 Å². The predicted octanol–water partition coefficient (Wildman–Crippen LogP) is 0.515. The Balaban J connectivity index is 2.20. The summed E-state index contributed by atoms with van der Waals surface area (Å²) >= 11 is 2.30. The molecule has 1 aliphatic heterocycles. The molecule has 5 heteroatoms. The number of hydrogen-bond acceptors (Lipinski definition) is 3. The lowest BCUT2D eigenvalue weighted by atomic mass is 10.2. The van der Waals surface area contributed by atoms with Gasteiger partial charge in [0.15, 0.2) is 0 Å². The first-order valence-corrected chi connectivity index (χ1v) is 5.68. The number of primary amides is 1. The summed E-state index contributed by atoms with van der Waals surface area (Å²) in [5.74, 6) is -0.448. The van der Waals surface area contributed by atoms with Gasteiger partial charge in [0.05, 0.1) is 6.10 Å². The second-order valence-corrected chi connectivity index (χ2v) is 3.76. The molecule has 0 aromatic carbocycles. The Morgan fingerprint density at radius 3 is 3.00 bits per heavy atom. The maximum Gasteiger partial charge on any atom is 0.242 e. The van der Waals surface area contributed by atoms with Crippen LogP contribution in [-0.2, 0) is 9.53 Å². The van der Waals surface area contributed by atoms with Crippen LogP contribution in [-0.4, -0.2) is 22.7 Å². The van der Waals surface area contributed by atoms with Crippen LogP contribution in [0.4, 0.5) is 0 Å². The van der Waals surface area contributed by atoms with Crippen molar-refractivity contribution in [3.63, 3.8) is 0 Å². The number of hydrogen-bond donors (Lipinski definition) is 2. The fourth-order valence-corrected chi connectivity index (χ4v) is 1.83. The van der Waals surface area contributed by atoms with Crippen LogP contribution in [0.15, 0.2) is 12.3 Å². The smallest absolute Gasteiger partial charge is 0.242 e. The second-order valence-electron chi connectivity index (χ2n) is 2.88. The van der Waals surface area contributed by atoms with Crippen LogP contribution in [0.2, 0.25) is 0 Å². The van der Waals surface area contributed by atoms with Crippen molar-refractivity contribution in [2.75, 3.05) is 4.43 Å². The molecule has 0 spiro atoms. The van der Waals surface area contributed by atoms with Crippen molar-refractivity contribution in [2.45, 2.75) is 25.2 Å². The summed E-state index contributed by atoms with van der Waals surface area (Å²) in [6.07, 6.45) is 5.28. The van der Waals surface area contributed by atoms with Gasteiger partial charge in [-0.15, -0.1) is 0 Å². The molecule has 0 saturated carbocycles. The van der Waals surface area contributed by atoms with Gasteiger partial charge >= 0.3 is 0 Å². The molecule has 2 atom stereocenters. The number of alkyl halides is 1. The van der Waals surface area contributed by atoms with Gasteiger partial charge in [-0.25, -0.2) is 0 Å². The average Bonchev–Trinajstić information content (AvgIpc) is 2.52. The molecule has 0 aromatic heterocycles. The van der Waals surface area contributed by atoms with Crippen LogP contribution in [0.5, 0.6) is 0 Å². The summed E-state index contributed by atoms with van der Waals surface area (Å²) in [4.78, 5) is 10.3. The molecule has 0 unspecified atom stereocenters. The average molecular weight is 296 g/mol. The fourth-order valence-electron chi connectivity index (χ4n) is 1.18. The van der Waals surface area contributed by atoms with Gasteiger partial charge in [-0.2, -0.15) is 0 Å². The minimum absolute atomic E-state index is 0.0374. The standard InChI is InChI=1S/C8H13IN2O2/c9-5-6-1-2-8(13-6)11-4-3-7(10)12/h3-4,6,8,11H,1-2,5H2,(H2,10,12)/b4-3-/t6-,8+/m0/s1. The zero-order chi connectivity index (χ0) is 9.68. The summed E-state index contributed by atoms with van der Waals surface area (Å²) in [6.45, 7) is 0. The van der Waals surface area contributed by atoms with E-state index in [1.54, 1.807) is 6.20 Å². The summed E-state index contributed by atoms with van der Waals surface area (Å²) in [5, 5.41) is 2.97. The number of halogens is 1. The highest BCUT2D eigenvalue weighted by Crippen LogP contribution is 2.19. The van der Waals surface area contributed by atoms with Gasteiger partial charge in [-0.05, 0) is 12.8 Å². The van der Waals surface area contributed by atoms with E-state index < -0.39 is 5.91 Å². The Morgan fingerprint density at radius 1 is 1.69 bits per heavy atom. The van der Waals surface area contributed by atoms with Crippen LogP contribution in [0.1, 0.15) is 12.8 Å². The SMILES string of the molecule is NC(=O)/C=C\N[C@H]1CC[C@@H](CI)O1. The first-order chi connectivity index (χ1) is 6.22. The van der Waals surface area contributed by atoms with Crippen molar-refractivity contribution in [3.8, 4) is 0 Å². The zero-order valence-electron chi connectivity index (χ0n) is 7.20. The lowest BCUT2D eigenvalue weighted by Crippen LogP contribution is -2.25. The Labute approximate surface area is 91.0 Å². The highest BCUT2D eigenvalue weighted by Gasteiger charge is 2.22. The molecule has 1 rings (SSSR count). The van der Waals surface area contributed by atoms with Gasteiger partial charge in [0, 0.05) is 16.7 Å². The van der Waals surface area contributed by atoms with E-state index in [4.69, 9.17) is 10.5 Å². The minimum Gasteiger partial charge on any atom is -0.366 e. The van der Waals surface area contributed by atoms with E-state index in [1.807, 2.05) is 0 Å². The molecule has 0 bridgehead atoms. The summed E-state index contributed by atoms with van der Waals surface area (Å²) in [5.41, 5.74) is 4.92. The molecule has 1 amide bonds.